The number of aromatic nitrogens is 4. The van der Waals surface area contributed by atoms with Gasteiger partial charge in [-0.3, -0.25) is 0 Å². The van der Waals surface area contributed by atoms with Crippen LogP contribution >= 0.6 is 0 Å². The predicted octanol–water partition coefficient (Wildman–Crippen LogP) is 1.46. The van der Waals surface area contributed by atoms with E-state index < -0.39 is 6.10 Å². The Kier molecular flexibility index (Phi) is 4.73. The van der Waals surface area contributed by atoms with Crippen molar-refractivity contribution in [3.8, 4) is 0 Å². The SMILES string of the molecule is C[C@H](O)[C@@H](CCc1cccc(CO)c1)n1cnc2c(N)ncnc21. The lowest BCUT2D eigenvalue weighted by Gasteiger charge is -2.22. The summed E-state index contributed by atoms with van der Waals surface area (Å²) in [6.45, 7) is 1.78. The highest BCUT2D eigenvalue weighted by Gasteiger charge is 2.21. The summed E-state index contributed by atoms with van der Waals surface area (Å²) in [5, 5.41) is 19.5. The molecule has 4 N–H and O–H groups in total. The summed E-state index contributed by atoms with van der Waals surface area (Å²) in [5.41, 5.74) is 9.00. The first kappa shape index (κ1) is 16.4. The van der Waals surface area contributed by atoms with E-state index >= 15 is 0 Å². The summed E-state index contributed by atoms with van der Waals surface area (Å²) >= 11 is 0. The second-order valence-electron chi connectivity index (χ2n) is 5.91. The van der Waals surface area contributed by atoms with E-state index in [9.17, 15) is 10.2 Å². The molecule has 3 aromatic rings. The Bertz CT molecular complexity index is 831. The Labute approximate surface area is 139 Å². The van der Waals surface area contributed by atoms with Crippen molar-refractivity contribution < 1.29 is 10.2 Å². The minimum atomic E-state index is -0.570. The normalized spacial score (nSPS) is 14.0. The van der Waals surface area contributed by atoms with Crippen LogP contribution in [-0.4, -0.2) is 35.8 Å². The molecule has 0 amide bonds. The lowest BCUT2D eigenvalue weighted by molar-refractivity contribution is 0.126. The lowest BCUT2D eigenvalue weighted by atomic mass is 10.0. The summed E-state index contributed by atoms with van der Waals surface area (Å²) in [4.78, 5) is 12.5. The van der Waals surface area contributed by atoms with Crippen LogP contribution in [0.5, 0.6) is 0 Å². The molecule has 1 aromatic carbocycles. The molecule has 0 aliphatic rings. The smallest absolute Gasteiger partial charge is 0.165 e. The number of aliphatic hydroxyl groups excluding tert-OH is 2. The van der Waals surface area contributed by atoms with Gasteiger partial charge in [0.15, 0.2) is 11.5 Å². The monoisotopic (exact) mass is 327 g/mol. The number of imidazole rings is 1. The van der Waals surface area contributed by atoms with E-state index in [1.165, 1.54) is 6.33 Å². The highest BCUT2D eigenvalue weighted by Crippen LogP contribution is 2.25. The van der Waals surface area contributed by atoms with Crippen LogP contribution < -0.4 is 5.73 Å². The maximum Gasteiger partial charge on any atom is 0.165 e. The molecule has 0 spiro atoms. The standard InChI is InChI=1S/C17H21N5O2/c1-11(24)14(6-5-12-3-2-4-13(7-12)8-23)22-10-21-15-16(18)19-9-20-17(15)22/h2-4,7,9-11,14,23-24H,5-6,8H2,1H3,(H2,18,19,20)/t11-,14+/m0/s1. The van der Waals surface area contributed by atoms with E-state index in [2.05, 4.69) is 15.0 Å². The van der Waals surface area contributed by atoms with Crippen LogP contribution in [0.4, 0.5) is 5.82 Å². The first-order chi connectivity index (χ1) is 11.6. The molecule has 0 bridgehead atoms. The van der Waals surface area contributed by atoms with Gasteiger partial charge in [0.1, 0.15) is 11.8 Å². The number of fused-ring (bicyclic) bond motifs is 1. The minimum Gasteiger partial charge on any atom is -0.392 e. The Balaban J connectivity index is 1.85. The highest BCUT2D eigenvalue weighted by molar-refractivity contribution is 5.81. The molecule has 0 fully saturated rings. The summed E-state index contributed by atoms with van der Waals surface area (Å²) in [7, 11) is 0. The Morgan fingerprint density at radius 1 is 1.21 bits per heavy atom. The number of benzene rings is 1. The van der Waals surface area contributed by atoms with E-state index in [4.69, 9.17) is 5.73 Å². The van der Waals surface area contributed by atoms with Gasteiger partial charge in [0, 0.05) is 0 Å². The fraction of sp³-hybridized carbons (Fsp3) is 0.353. The van der Waals surface area contributed by atoms with Crippen LogP contribution in [0.25, 0.3) is 11.2 Å². The summed E-state index contributed by atoms with van der Waals surface area (Å²) < 4.78 is 1.86. The molecule has 0 unspecified atom stereocenters. The molecule has 7 heteroatoms. The molecule has 0 saturated carbocycles. The number of nitrogen functional groups attached to an aromatic ring is 1. The Morgan fingerprint density at radius 2 is 2.00 bits per heavy atom. The molecular formula is C17H21N5O2. The molecule has 2 heterocycles. The zero-order valence-electron chi connectivity index (χ0n) is 13.5. The molecule has 2 aromatic heterocycles. The van der Waals surface area contributed by atoms with Gasteiger partial charge in [-0.05, 0) is 30.9 Å². The summed E-state index contributed by atoms with van der Waals surface area (Å²) in [6, 6.07) is 7.63. The number of aliphatic hydroxyl groups is 2. The molecule has 0 aliphatic heterocycles. The molecule has 2 atom stereocenters. The van der Waals surface area contributed by atoms with Crippen molar-refractivity contribution in [2.75, 3.05) is 5.73 Å². The number of anilines is 1. The third-order valence-electron chi connectivity index (χ3n) is 4.20. The lowest BCUT2D eigenvalue weighted by Crippen LogP contribution is -2.22. The fourth-order valence-corrected chi connectivity index (χ4v) is 2.92. The number of nitrogens with two attached hydrogens (primary N) is 1. The number of nitrogens with zero attached hydrogens (tertiary/aromatic N) is 4. The van der Waals surface area contributed by atoms with Crippen LogP contribution in [-0.2, 0) is 13.0 Å². The van der Waals surface area contributed by atoms with E-state index in [1.54, 1.807) is 13.3 Å². The number of hydrogen-bond acceptors (Lipinski definition) is 6. The van der Waals surface area contributed by atoms with Crippen LogP contribution in [0.15, 0.2) is 36.9 Å². The van der Waals surface area contributed by atoms with Crippen molar-refractivity contribution in [3.05, 3.63) is 48.0 Å². The van der Waals surface area contributed by atoms with E-state index in [-0.39, 0.29) is 12.6 Å². The Hall–Kier alpha value is -2.51. The summed E-state index contributed by atoms with van der Waals surface area (Å²) in [5.74, 6) is 0.332. The fourth-order valence-electron chi connectivity index (χ4n) is 2.92. The van der Waals surface area contributed by atoms with E-state index in [1.807, 2.05) is 28.8 Å². The van der Waals surface area contributed by atoms with Crippen molar-refractivity contribution in [3.63, 3.8) is 0 Å². The highest BCUT2D eigenvalue weighted by atomic mass is 16.3. The second-order valence-corrected chi connectivity index (χ2v) is 5.91. The summed E-state index contributed by atoms with van der Waals surface area (Å²) in [6.07, 6.45) is 3.96. The van der Waals surface area contributed by atoms with Crippen LogP contribution in [0.2, 0.25) is 0 Å². The topological polar surface area (TPSA) is 110 Å². The maximum atomic E-state index is 10.2. The molecule has 0 aliphatic carbocycles. The molecule has 24 heavy (non-hydrogen) atoms. The van der Waals surface area contributed by atoms with Gasteiger partial charge < -0.3 is 20.5 Å². The zero-order chi connectivity index (χ0) is 17.1. The average Bonchev–Trinajstić information content (AvgIpc) is 3.00. The van der Waals surface area contributed by atoms with Gasteiger partial charge in [-0.25, -0.2) is 15.0 Å². The number of hydrogen-bond donors (Lipinski definition) is 3. The van der Waals surface area contributed by atoms with Gasteiger partial charge in [-0.2, -0.15) is 0 Å². The quantitative estimate of drug-likeness (QED) is 0.632. The van der Waals surface area contributed by atoms with E-state index in [0.717, 1.165) is 17.5 Å². The zero-order valence-corrected chi connectivity index (χ0v) is 13.5. The van der Waals surface area contributed by atoms with Crippen LogP contribution in [0.1, 0.15) is 30.5 Å². The number of aryl methyl sites for hydroxylation is 1. The third kappa shape index (κ3) is 3.22. The molecule has 0 radical (unpaired) electrons. The van der Waals surface area contributed by atoms with Gasteiger partial charge in [0.05, 0.1) is 25.1 Å². The molecule has 126 valence electrons. The Morgan fingerprint density at radius 3 is 2.75 bits per heavy atom. The predicted molar refractivity (Wildman–Crippen MR) is 91.1 cm³/mol. The van der Waals surface area contributed by atoms with Crippen LogP contribution in [0, 0.1) is 0 Å². The van der Waals surface area contributed by atoms with Crippen molar-refractivity contribution in [2.24, 2.45) is 0 Å². The van der Waals surface area contributed by atoms with Gasteiger partial charge in [-0.1, -0.05) is 24.3 Å². The molecule has 0 saturated heterocycles. The second kappa shape index (κ2) is 6.94. The first-order valence-corrected chi connectivity index (χ1v) is 7.90. The van der Waals surface area contributed by atoms with Crippen molar-refractivity contribution >= 4 is 17.0 Å². The first-order valence-electron chi connectivity index (χ1n) is 7.90. The van der Waals surface area contributed by atoms with Gasteiger partial charge in [-0.15, -0.1) is 0 Å². The van der Waals surface area contributed by atoms with E-state index in [0.29, 0.717) is 23.4 Å². The average molecular weight is 327 g/mol. The van der Waals surface area contributed by atoms with Crippen molar-refractivity contribution in [1.82, 2.24) is 19.5 Å². The third-order valence-corrected chi connectivity index (χ3v) is 4.20. The largest absolute Gasteiger partial charge is 0.392 e. The van der Waals surface area contributed by atoms with Crippen molar-refractivity contribution in [1.29, 1.82) is 0 Å². The molecular weight excluding hydrogens is 306 g/mol. The van der Waals surface area contributed by atoms with Gasteiger partial charge in [0.25, 0.3) is 0 Å². The number of rotatable bonds is 6. The molecule has 3 rings (SSSR count). The van der Waals surface area contributed by atoms with Gasteiger partial charge >= 0.3 is 0 Å². The van der Waals surface area contributed by atoms with Gasteiger partial charge in [0.2, 0.25) is 0 Å². The minimum absolute atomic E-state index is 0.0238. The van der Waals surface area contributed by atoms with Crippen molar-refractivity contribution in [2.45, 2.75) is 38.5 Å². The van der Waals surface area contributed by atoms with Crippen LogP contribution in [0.3, 0.4) is 0 Å². The maximum absolute atomic E-state index is 10.2. The molecule has 7 nitrogen and oxygen atoms in total.